The standard InChI is InChI=1S/C63H117NO24P2/c1-51(2)9-6-10-52(3)58-14-15-59-57-13-12-53-47-55(16-18-62(53,4)60(57)17-19-63(58,59)5)88-61(66)64-20-8-22-72-24-26-73-31-32-78-37-39-81-48-54(65)49-87-90(69,70)85-45-42-80-36-34-76-30-28-74-27-29-75-33-35-79-41-44-84-89(67,68)86-46-43-83-56-11-7-21-71-23-25-77-38-40-82-50-56/h12,51-52,54-60,65H,6-11,13-50H2,1-5H3,(H,64,66)(H,67,68)(H,69,70)/t52-,54?,55+,56?,57?,58?,59?,60?,62+,63-/m1/s1. The van der Waals surface area contributed by atoms with Gasteiger partial charge in [0.25, 0.3) is 0 Å². The summed E-state index contributed by atoms with van der Waals surface area (Å²) < 4.78 is 121. The van der Waals surface area contributed by atoms with Crippen molar-refractivity contribution in [2.45, 2.75) is 143 Å². The molecule has 1 aliphatic heterocycles. The molecule has 0 aromatic heterocycles. The molecule has 0 aromatic rings. The van der Waals surface area contributed by atoms with E-state index in [1.807, 2.05) is 0 Å². The van der Waals surface area contributed by atoms with E-state index in [0.717, 1.165) is 67.6 Å². The van der Waals surface area contributed by atoms with Crippen molar-refractivity contribution >= 4 is 21.7 Å². The summed E-state index contributed by atoms with van der Waals surface area (Å²) in [4.78, 5) is 32.6. The molecule has 12 atom stereocenters. The third-order valence-electron chi connectivity index (χ3n) is 18.1. The number of ether oxygens (including phenoxy) is 14. The number of rotatable bonds is 49. The number of aliphatic hydroxyl groups is 1. The van der Waals surface area contributed by atoms with Gasteiger partial charge >= 0.3 is 21.7 Å². The Kier molecular flexibility index (Phi) is 40.5. The monoisotopic (exact) mass is 1330 g/mol. The molecule has 3 saturated carbocycles. The molecule has 4 fully saturated rings. The summed E-state index contributed by atoms with van der Waals surface area (Å²) in [5, 5.41) is 13.0. The molecule has 0 bridgehead atoms. The van der Waals surface area contributed by atoms with Crippen molar-refractivity contribution in [1.29, 1.82) is 0 Å². The quantitative estimate of drug-likeness (QED) is 0.0252. The maximum absolute atomic E-state index is 12.8. The number of hydrogen-bond acceptors (Lipinski definition) is 22. The Morgan fingerprint density at radius 2 is 1.11 bits per heavy atom. The molecule has 0 radical (unpaired) electrons. The van der Waals surface area contributed by atoms with E-state index >= 15 is 0 Å². The predicted octanol–water partition coefficient (Wildman–Crippen LogP) is 8.52. The number of phosphoric acid groups is 2. The van der Waals surface area contributed by atoms with Gasteiger partial charge < -0.3 is 86.5 Å². The van der Waals surface area contributed by atoms with Gasteiger partial charge in [-0.25, -0.2) is 13.9 Å². The number of nitrogens with one attached hydrogen (secondary N) is 1. The zero-order chi connectivity index (χ0) is 64.6. The lowest BCUT2D eigenvalue weighted by atomic mass is 9.47. The highest BCUT2D eigenvalue weighted by molar-refractivity contribution is 7.47. The molecule has 4 aliphatic carbocycles. The van der Waals surface area contributed by atoms with Gasteiger partial charge in [0, 0.05) is 26.2 Å². The second-order valence-corrected chi connectivity index (χ2v) is 28.0. The number of fused-ring (bicyclic) bond motifs is 5. The lowest BCUT2D eigenvalue weighted by molar-refractivity contribution is -0.0581. The average molecular weight is 1330 g/mol. The highest BCUT2D eigenvalue weighted by Crippen LogP contribution is 2.67. The van der Waals surface area contributed by atoms with Gasteiger partial charge in [-0.1, -0.05) is 65.5 Å². The first-order valence-corrected chi connectivity index (χ1v) is 36.6. The molecule has 1 amide bonds. The number of hydrogen-bond donors (Lipinski definition) is 4. The zero-order valence-electron chi connectivity index (χ0n) is 55.2. The smallest absolute Gasteiger partial charge is 0.446 e. The number of carbonyl (C=O) groups excluding carboxylic acids is 1. The summed E-state index contributed by atoms with van der Waals surface area (Å²) in [5.41, 5.74) is 2.24. The zero-order valence-corrected chi connectivity index (χ0v) is 57.0. The minimum Gasteiger partial charge on any atom is -0.446 e. The van der Waals surface area contributed by atoms with E-state index in [9.17, 15) is 28.8 Å². The van der Waals surface area contributed by atoms with Crippen LogP contribution in [0, 0.1) is 46.3 Å². The van der Waals surface area contributed by atoms with Crippen molar-refractivity contribution < 1.29 is 113 Å². The third-order valence-corrected chi connectivity index (χ3v) is 20.1. The fraction of sp³-hybridized carbons (Fsp3) is 0.952. The topological polar surface area (TPSA) is 290 Å². The number of aliphatic hydroxyl groups excluding tert-OH is 1. The lowest BCUT2D eigenvalue weighted by Gasteiger charge is -2.58. The Labute approximate surface area is 537 Å². The van der Waals surface area contributed by atoms with Gasteiger partial charge in [-0.3, -0.25) is 18.1 Å². The van der Waals surface area contributed by atoms with Crippen LogP contribution in [0.1, 0.15) is 125 Å². The molecule has 27 heteroatoms. The summed E-state index contributed by atoms with van der Waals surface area (Å²) in [7, 11) is -8.68. The summed E-state index contributed by atoms with van der Waals surface area (Å²) >= 11 is 0. The highest BCUT2D eigenvalue weighted by atomic mass is 31.2. The molecule has 1 heterocycles. The van der Waals surface area contributed by atoms with Crippen molar-refractivity contribution in [2.75, 3.05) is 198 Å². The van der Waals surface area contributed by atoms with Gasteiger partial charge in [-0.2, -0.15) is 0 Å². The molecular weight excluding hydrogens is 1220 g/mol. The number of alkyl carbamates (subject to hydrolysis) is 1. The van der Waals surface area contributed by atoms with Crippen LogP contribution >= 0.6 is 15.6 Å². The molecule has 5 aliphatic rings. The largest absolute Gasteiger partial charge is 0.472 e. The molecule has 8 unspecified atom stereocenters. The van der Waals surface area contributed by atoms with Crippen LogP contribution < -0.4 is 5.32 Å². The Hall–Kier alpha value is -1.33. The van der Waals surface area contributed by atoms with Gasteiger partial charge in [-0.15, -0.1) is 0 Å². The fourth-order valence-electron chi connectivity index (χ4n) is 13.5. The van der Waals surface area contributed by atoms with Gasteiger partial charge in [0.05, 0.1) is 184 Å². The lowest BCUT2D eigenvalue weighted by Crippen LogP contribution is -2.51. The van der Waals surface area contributed by atoms with Crippen LogP contribution in [0.5, 0.6) is 0 Å². The highest BCUT2D eigenvalue weighted by Gasteiger charge is 2.59. The first-order chi connectivity index (χ1) is 43.5. The van der Waals surface area contributed by atoms with Crippen molar-refractivity contribution in [1.82, 2.24) is 5.32 Å². The minimum atomic E-state index is -4.42. The maximum atomic E-state index is 12.8. The molecule has 25 nitrogen and oxygen atoms in total. The molecule has 0 spiro atoms. The van der Waals surface area contributed by atoms with Crippen LogP contribution in [0.2, 0.25) is 0 Å². The number of allylic oxidation sites excluding steroid dienone is 1. The van der Waals surface area contributed by atoms with Gasteiger partial charge in [0.1, 0.15) is 12.2 Å². The molecule has 5 rings (SSSR count). The van der Waals surface area contributed by atoms with E-state index in [-0.39, 0.29) is 103 Å². The van der Waals surface area contributed by atoms with Crippen molar-refractivity contribution in [3.8, 4) is 0 Å². The molecule has 0 aromatic carbocycles. The van der Waals surface area contributed by atoms with E-state index in [0.29, 0.717) is 124 Å². The van der Waals surface area contributed by atoms with Crippen LogP contribution in [-0.2, 0) is 93.5 Å². The van der Waals surface area contributed by atoms with Gasteiger partial charge in [0.15, 0.2) is 0 Å². The van der Waals surface area contributed by atoms with E-state index < -0.39 is 28.4 Å². The van der Waals surface area contributed by atoms with E-state index in [1.54, 1.807) is 0 Å². The number of amides is 1. The third kappa shape index (κ3) is 32.1. The van der Waals surface area contributed by atoms with Gasteiger partial charge in [-0.05, 0) is 111 Å². The summed E-state index contributed by atoms with van der Waals surface area (Å²) in [6.45, 7) is 19.8. The van der Waals surface area contributed by atoms with Crippen LogP contribution in [0.3, 0.4) is 0 Å². The average Bonchev–Trinajstić information content (AvgIpc) is 1.35. The number of phosphoric ester groups is 2. The molecule has 4 N–H and O–H groups in total. The minimum absolute atomic E-state index is 0.0157. The van der Waals surface area contributed by atoms with Crippen LogP contribution in [-0.4, -0.2) is 237 Å². The van der Waals surface area contributed by atoms with Gasteiger partial charge in [0.2, 0.25) is 0 Å². The van der Waals surface area contributed by atoms with Crippen LogP contribution in [0.15, 0.2) is 11.6 Å². The van der Waals surface area contributed by atoms with E-state index in [2.05, 4.69) is 46.0 Å². The van der Waals surface area contributed by atoms with Crippen LogP contribution in [0.25, 0.3) is 0 Å². The van der Waals surface area contributed by atoms with E-state index in [4.69, 9.17) is 84.4 Å². The van der Waals surface area contributed by atoms with Crippen molar-refractivity contribution in [3.63, 3.8) is 0 Å². The maximum Gasteiger partial charge on any atom is 0.472 e. The Morgan fingerprint density at radius 3 is 1.71 bits per heavy atom. The molecule has 90 heavy (non-hydrogen) atoms. The predicted molar refractivity (Wildman–Crippen MR) is 334 cm³/mol. The first-order valence-electron chi connectivity index (χ1n) is 33.6. The van der Waals surface area contributed by atoms with Crippen LogP contribution in [0.4, 0.5) is 4.79 Å². The van der Waals surface area contributed by atoms with E-state index in [1.165, 1.54) is 56.9 Å². The second-order valence-electron chi connectivity index (χ2n) is 25.1. The Balaban J connectivity index is 0.715. The summed E-state index contributed by atoms with van der Waals surface area (Å²) in [6.07, 6.45) is 16.7. The fourth-order valence-corrected chi connectivity index (χ4v) is 15.0. The molecular formula is C63H117NO24P2. The van der Waals surface area contributed by atoms with Crippen molar-refractivity contribution in [2.24, 2.45) is 46.3 Å². The SMILES string of the molecule is CC(C)CCC[C@@H](C)C1CCC2C3CC=C4C[C@@H](OC(=O)NCCCOCCOCCOCCOCC(O)COP(=O)(O)OCCOCCOCCOCCOCCOCCOP(=O)(O)OCCOC5CCCOCCOCCOC5)CC[C@]4(C)C3CC[C@@]21C. The van der Waals surface area contributed by atoms with Crippen molar-refractivity contribution in [3.05, 3.63) is 11.6 Å². The number of carbonyl (C=O) groups is 1. The normalized spacial score (nSPS) is 27.1. The first kappa shape index (κ1) is 79.4. The summed E-state index contributed by atoms with van der Waals surface area (Å²) in [6, 6.07) is 0. The second kappa shape index (κ2) is 46.0. The molecule has 1 saturated heterocycles. The Bertz CT molecular complexity index is 1990. The Morgan fingerprint density at radius 1 is 0.578 bits per heavy atom. The summed E-state index contributed by atoms with van der Waals surface area (Å²) in [5.74, 6) is 4.85. The molecule has 528 valence electrons.